The molecule has 0 unspecified atom stereocenters. The number of anilines is 2. The van der Waals surface area contributed by atoms with E-state index in [4.69, 9.17) is 14.2 Å². The lowest BCUT2D eigenvalue weighted by molar-refractivity contribution is -0.113. The average molecular weight is 437 g/mol. The molecule has 0 fully saturated rings. The number of rotatable bonds is 6. The highest BCUT2D eigenvalue weighted by Gasteiger charge is 2.34. The van der Waals surface area contributed by atoms with Gasteiger partial charge in [0.15, 0.2) is 11.5 Å². The van der Waals surface area contributed by atoms with Crippen LogP contribution in [-0.4, -0.2) is 47.1 Å². The van der Waals surface area contributed by atoms with Crippen LogP contribution in [0.5, 0.6) is 23.0 Å². The molecule has 1 aromatic heterocycles. The normalized spacial score (nSPS) is 14.9. The first-order chi connectivity index (χ1) is 15.5. The highest BCUT2D eigenvalue weighted by Crippen LogP contribution is 2.39. The van der Waals surface area contributed by atoms with E-state index in [-0.39, 0.29) is 17.4 Å². The number of carbonyl (C=O) groups is 1. The number of aromatic nitrogens is 3. The van der Waals surface area contributed by atoms with Crippen LogP contribution in [0.3, 0.4) is 0 Å². The van der Waals surface area contributed by atoms with Crippen LogP contribution in [0.25, 0.3) is 0 Å². The summed E-state index contributed by atoms with van der Waals surface area (Å²) in [5, 5.41) is 20.4. The maximum atomic E-state index is 13.5. The van der Waals surface area contributed by atoms with Gasteiger partial charge in [-0.2, -0.15) is 10.1 Å². The fourth-order valence-corrected chi connectivity index (χ4v) is 3.65. The Bertz CT molecular complexity index is 1200. The third kappa shape index (κ3) is 3.66. The van der Waals surface area contributed by atoms with E-state index in [0.29, 0.717) is 40.0 Å². The van der Waals surface area contributed by atoms with Crippen LogP contribution in [-0.2, 0) is 4.79 Å². The van der Waals surface area contributed by atoms with Gasteiger partial charge in [0.2, 0.25) is 5.95 Å². The number of benzene rings is 2. The zero-order chi connectivity index (χ0) is 22.8. The first kappa shape index (κ1) is 21.0. The van der Waals surface area contributed by atoms with E-state index in [1.54, 1.807) is 49.0 Å². The number of phenolic OH excluding ortho intramolecular Hbond substituents is 1. The van der Waals surface area contributed by atoms with Gasteiger partial charge in [-0.25, -0.2) is 4.68 Å². The Hall–Kier alpha value is -4.21. The van der Waals surface area contributed by atoms with Crippen molar-refractivity contribution in [2.24, 2.45) is 0 Å². The molecular weight excluding hydrogens is 414 g/mol. The molecule has 2 heterocycles. The Kier molecular flexibility index (Phi) is 5.59. The largest absolute Gasteiger partial charge is 0.504 e. The SMILES string of the molecule is COc1ccc(NC(=O)C2=C(C)Nc3ncnn3[C@@H]2c2ccc(O)c(OC)c2)c(OC)c1. The highest BCUT2D eigenvalue weighted by atomic mass is 16.5. The minimum absolute atomic E-state index is 0.00123. The molecule has 166 valence electrons. The molecular formula is C22H23N5O5. The predicted molar refractivity (Wildman–Crippen MR) is 117 cm³/mol. The smallest absolute Gasteiger partial charge is 0.255 e. The van der Waals surface area contributed by atoms with Crippen molar-refractivity contribution in [3.8, 4) is 23.0 Å². The van der Waals surface area contributed by atoms with Crippen LogP contribution >= 0.6 is 0 Å². The summed E-state index contributed by atoms with van der Waals surface area (Å²) in [5.41, 5.74) is 2.23. The number of aromatic hydroxyl groups is 1. The molecule has 0 bridgehead atoms. The third-order valence-electron chi connectivity index (χ3n) is 5.22. The van der Waals surface area contributed by atoms with Crippen LogP contribution < -0.4 is 24.8 Å². The second-order valence-corrected chi connectivity index (χ2v) is 7.05. The topological polar surface area (TPSA) is 120 Å². The first-order valence-corrected chi connectivity index (χ1v) is 9.74. The molecule has 3 N–H and O–H groups in total. The Balaban J connectivity index is 1.76. The van der Waals surface area contributed by atoms with Gasteiger partial charge in [-0.15, -0.1) is 0 Å². The van der Waals surface area contributed by atoms with E-state index in [0.717, 1.165) is 0 Å². The summed E-state index contributed by atoms with van der Waals surface area (Å²) in [7, 11) is 4.54. The number of fused-ring (bicyclic) bond motifs is 1. The van der Waals surface area contributed by atoms with Crippen molar-refractivity contribution in [3.63, 3.8) is 0 Å². The van der Waals surface area contributed by atoms with Gasteiger partial charge in [0.05, 0.1) is 32.6 Å². The van der Waals surface area contributed by atoms with E-state index >= 15 is 0 Å². The first-order valence-electron chi connectivity index (χ1n) is 9.74. The average Bonchev–Trinajstić information content (AvgIpc) is 3.26. The van der Waals surface area contributed by atoms with Crippen LogP contribution in [0.15, 0.2) is 54.0 Å². The van der Waals surface area contributed by atoms with Gasteiger partial charge in [0.25, 0.3) is 5.91 Å². The van der Waals surface area contributed by atoms with Crippen molar-refractivity contribution < 1.29 is 24.1 Å². The zero-order valence-corrected chi connectivity index (χ0v) is 18.0. The third-order valence-corrected chi connectivity index (χ3v) is 5.22. The lowest BCUT2D eigenvalue weighted by Crippen LogP contribution is -2.31. The number of phenols is 1. The van der Waals surface area contributed by atoms with Gasteiger partial charge in [-0.3, -0.25) is 4.79 Å². The fraction of sp³-hybridized carbons (Fsp3) is 0.227. The molecule has 0 aliphatic carbocycles. The Morgan fingerprint density at radius 1 is 1.09 bits per heavy atom. The molecule has 1 amide bonds. The van der Waals surface area contributed by atoms with E-state index in [1.807, 2.05) is 0 Å². The molecule has 4 rings (SSSR count). The van der Waals surface area contributed by atoms with Gasteiger partial charge in [-0.05, 0) is 36.8 Å². The zero-order valence-electron chi connectivity index (χ0n) is 18.0. The number of methoxy groups -OCH3 is 3. The minimum atomic E-state index is -0.604. The summed E-state index contributed by atoms with van der Waals surface area (Å²) in [4.78, 5) is 17.7. The molecule has 32 heavy (non-hydrogen) atoms. The summed E-state index contributed by atoms with van der Waals surface area (Å²) in [6.45, 7) is 1.79. The molecule has 3 aromatic rings. The number of allylic oxidation sites excluding steroid dienone is 1. The van der Waals surface area contributed by atoms with Crippen LogP contribution in [0.2, 0.25) is 0 Å². The predicted octanol–water partition coefficient (Wildman–Crippen LogP) is 2.94. The molecule has 10 heteroatoms. The molecule has 1 aliphatic rings. The minimum Gasteiger partial charge on any atom is -0.504 e. The summed E-state index contributed by atoms with van der Waals surface area (Å²) in [6, 6.07) is 9.43. The van der Waals surface area contributed by atoms with Gasteiger partial charge in [-0.1, -0.05) is 6.07 Å². The maximum absolute atomic E-state index is 13.5. The number of ether oxygens (including phenoxy) is 3. The number of nitrogens with zero attached hydrogens (tertiary/aromatic N) is 3. The lowest BCUT2D eigenvalue weighted by atomic mass is 9.94. The molecule has 1 aliphatic heterocycles. The number of hydrogen-bond donors (Lipinski definition) is 3. The van der Waals surface area contributed by atoms with Crippen molar-refractivity contribution in [1.29, 1.82) is 0 Å². The fourth-order valence-electron chi connectivity index (χ4n) is 3.65. The molecule has 0 saturated carbocycles. The Morgan fingerprint density at radius 2 is 1.88 bits per heavy atom. The summed E-state index contributed by atoms with van der Waals surface area (Å²) < 4.78 is 17.5. The van der Waals surface area contributed by atoms with Crippen LogP contribution in [0.1, 0.15) is 18.5 Å². The lowest BCUT2D eigenvalue weighted by Gasteiger charge is -2.29. The summed E-state index contributed by atoms with van der Waals surface area (Å²) >= 11 is 0. The quantitative estimate of drug-likeness (QED) is 0.539. The summed E-state index contributed by atoms with van der Waals surface area (Å²) in [6.07, 6.45) is 1.41. The maximum Gasteiger partial charge on any atom is 0.255 e. The highest BCUT2D eigenvalue weighted by molar-refractivity contribution is 6.06. The summed E-state index contributed by atoms with van der Waals surface area (Å²) in [5.74, 6) is 1.50. The van der Waals surface area contributed by atoms with E-state index in [9.17, 15) is 9.90 Å². The van der Waals surface area contributed by atoms with Crippen molar-refractivity contribution >= 4 is 17.5 Å². The standard InChI is InChI=1S/C22H23N5O5/c1-12-19(21(29)26-15-7-6-14(30-2)10-17(15)31-3)20(27-22(25-12)23-11-24-27)13-5-8-16(28)18(9-13)32-4/h5-11,20,28H,1-4H3,(H,26,29)(H,23,24,25)/t20-/m1/s1. The number of nitrogens with one attached hydrogen (secondary N) is 2. The number of hydrogen-bond acceptors (Lipinski definition) is 8. The number of amides is 1. The van der Waals surface area contributed by atoms with E-state index in [1.165, 1.54) is 26.6 Å². The van der Waals surface area contributed by atoms with Crippen LogP contribution in [0.4, 0.5) is 11.6 Å². The molecule has 10 nitrogen and oxygen atoms in total. The second kappa shape index (κ2) is 8.50. The molecule has 0 spiro atoms. The van der Waals surface area contributed by atoms with E-state index < -0.39 is 6.04 Å². The van der Waals surface area contributed by atoms with E-state index in [2.05, 4.69) is 20.7 Å². The van der Waals surface area contributed by atoms with Crippen molar-refractivity contribution in [1.82, 2.24) is 14.8 Å². The monoisotopic (exact) mass is 437 g/mol. The molecule has 2 aromatic carbocycles. The van der Waals surface area contributed by atoms with Gasteiger partial charge in [0.1, 0.15) is 23.9 Å². The second-order valence-electron chi connectivity index (χ2n) is 7.05. The molecule has 0 radical (unpaired) electrons. The van der Waals surface area contributed by atoms with Crippen LogP contribution in [0, 0.1) is 0 Å². The number of carbonyl (C=O) groups excluding carboxylic acids is 1. The molecule has 1 atom stereocenters. The van der Waals surface area contributed by atoms with Crippen molar-refractivity contribution in [2.75, 3.05) is 32.0 Å². The van der Waals surface area contributed by atoms with Gasteiger partial charge < -0.3 is 30.0 Å². The van der Waals surface area contributed by atoms with Gasteiger partial charge >= 0.3 is 0 Å². The van der Waals surface area contributed by atoms with Crippen molar-refractivity contribution in [3.05, 3.63) is 59.6 Å². The Labute approximate surface area is 184 Å². The Morgan fingerprint density at radius 3 is 2.59 bits per heavy atom. The van der Waals surface area contributed by atoms with Gasteiger partial charge in [0, 0.05) is 11.8 Å². The molecule has 0 saturated heterocycles. The van der Waals surface area contributed by atoms with Crippen molar-refractivity contribution in [2.45, 2.75) is 13.0 Å².